The average molecular weight is 305 g/mol. The minimum absolute atomic E-state index is 0.0597. The van der Waals surface area contributed by atoms with Crippen LogP contribution in [0.1, 0.15) is 33.1 Å². The van der Waals surface area contributed by atoms with Crippen LogP contribution in [-0.4, -0.2) is 40.9 Å². The SMILES string of the molecule is CCC(=O)C1CCN(C(=O)C(C)Oc2ccc(O)cc2)CC1. The van der Waals surface area contributed by atoms with E-state index in [1.807, 2.05) is 6.92 Å². The van der Waals surface area contributed by atoms with E-state index >= 15 is 0 Å². The van der Waals surface area contributed by atoms with Crippen LogP contribution in [0.5, 0.6) is 11.5 Å². The number of piperidine rings is 1. The Hall–Kier alpha value is -2.04. The average Bonchev–Trinajstić information content (AvgIpc) is 2.55. The molecule has 1 unspecified atom stereocenters. The van der Waals surface area contributed by atoms with Crippen molar-refractivity contribution in [1.82, 2.24) is 4.90 Å². The Morgan fingerprint density at radius 2 is 1.86 bits per heavy atom. The number of phenols is 1. The highest BCUT2D eigenvalue weighted by Gasteiger charge is 2.29. The van der Waals surface area contributed by atoms with Crippen molar-refractivity contribution in [2.24, 2.45) is 5.92 Å². The van der Waals surface area contributed by atoms with E-state index in [1.165, 1.54) is 12.1 Å². The standard InChI is InChI=1S/C17H23NO4/c1-3-16(20)13-8-10-18(11-9-13)17(21)12(2)22-15-6-4-14(19)5-7-15/h4-7,12-13,19H,3,8-11H2,1-2H3. The normalized spacial score (nSPS) is 17.1. The molecule has 1 aromatic carbocycles. The predicted molar refractivity (Wildman–Crippen MR) is 82.8 cm³/mol. The first-order valence-corrected chi connectivity index (χ1v) is 7.78. The van der Waals surface area contributed by atoms with Gasteiger partial charge in [0, 0.05) is 25.4 Å². The van der Waals surface area contributed by atoms with Crippen LogP contribution in [0, 0.1) is 5.92 Å². The van der Waals surface area contributed by atoms with Crippen molar-refractivity contribution in [3.8, 4) is 11.5 Å². The lowest BCUT2D eigenvalue weighted by Gasteiger charge is -2.32. The van der Waals surface area contributed by atoms with Crippen LogP contribution >= 0.6 is 0 Å². The quantitative estimate of drug-likeness (QED) is 0.907. The molecule has 1 heterocycles. The summed E-state index contributed by atoms with van der Waals surface area (Å²) in [5.74, 6) is 1.04. The number of rotatable bonds is 5. The highest BCUT2D eigenvalue weighted by Crippen LogP contribution is 2.21. The second-order valence-corrected chi connectivity index (χ2v) is 5.67. The van der Waals surface area contributed by atoms with E-state index in [1.54, 1.807) is 24.0 Å². The molecule has 0 spiro atoms. The van der Waals surface area contributed by atoms with Gasteiger partial charge in [-0.2, -0.15) is 0 Å². The molecule has 1 aliphatic heterocycles. The number of nitrogens with zero attached hydrogens (tertiary/aromatic N) is 1. The number of carbonyl (C=O) groups is 2. The molecule has 1 aromatic rings. The van der Waals surface area contributed by atoms with Crippen molar-refractivity contribution in [3.05, 3.63) is 24.3 Å². The fourth-order valence-electron chi connectivity index (χ4n) is 2.75. The summed E-state index contributed by atoms with van der Waals surface area (Å²) in [6, 6.07) is 6.30. The predicted octanol–water partition coefficient (Wildman–Crippen LogP) is 2.38. The van der Waals surface area contributed by atoms with Crippen molar-refractivity contribution in [2.45, 2.75) is 39.2 Å². The van der Waals surface area contributed by atoms with Crippen LogP contribution in [0.2, 0.25) is 0 Å². The molecule has 1 atom stereocenters. The first-order valence-electron chi connectivity index (χ1n) is 7.78. The van der Waals surface area contributed by atoms with Gasteiger partial charge in [-0.3, -0.25) is 9.59 Å². The second-order valence-electron chi connectivity index (χ2n) is 5.67. The van der Waals surface area contributed by atoms with Gasteiger partial charge in [-0.1, -0.05) is 6.92 Å². The Kier molecular flexibility index (Phi) is 5.41. The summed E-state index contributed by atoms with van der Waals surface area (Å²) < 4.78 is 5.61. The smallest absolute Gasteiger partial charge is 0.263 e. The third-order valence-electron chi connectivity index (χ3n) is 4.11. The van der Waals surface area contributed by atoms with E-state index in [-0.39, 0.29) is 17.6 Å². The van der Waals surface area contributed by atoms with Gasteiger partial charge in [-0.25, -0.2) is 0 Å². The van der Waals surface area contributed by atoms with Gasteiger partial charge in [0.05, 0.1) is 0 Å². The summed E-state index contributed by atoms with van der Waals surface area (Å²) in [5, 5.41) is 9.24. The van der Waals surface area contributed by atoms with Gasteiger partial charge < -0.3 is 14.7 Å². The van der Waals surface area contributed by atoms with Crippen LogP contribution in [-0.2, 0) is 9.59 Å². The lowest BCUT2D eigenvalue weighted by Crippen LogP contribution is -2.45. The van der Waals surface area contributed by atoms with E-state index in [0.29, 0.717) is 31.0 Å². The van der Waals surface area contributed by atoms with Crippen LogP contribution in [0.3, 0.4) is 0 Å². The number of amides is 1. The number of hydrogen-bond donors (Lipinski definition) is 1. The van der Waals surface area contributed by atoms with Crippen molar-refractivity contribution in [2.75, 3.05) is 13.1 Å². The number of carbonyl (C=O) groups excluding carboxylic acids is 2. The Morgan fingerprint density at radius 3 is 2.41 bits per heavy atom. The summed E-state index contributed by atoms with van der Waals surface area (Å²) in [6.07, 6.45) is 1.47. The number of ketones is 1. The van der Waals surface area contributed by atoms with E-state index in [0.717, 1.165) is 12.8 Å². The molecular formula is C17H23NO4. The fraction of sp³-hybridized carbons (Fsp3) is 0.529. The number of benzene rings is 1. The minimum Gasteiger partial charge on any atom is -0.508 e. The number of hydrogen-bond acceptors (Lipinski definition) is 4. The van der Waals surface area contributed by atoms with Crippen LogP contribution in [0.15, 0.2) is 24.3 Å². The summed E-state index contributed by atoms with van der Waals surface area (Å²) in [7, 11) is 0. The molecule has 0 radical (unpaired) electrons. The highest BCUT2D eigenvalue weighted by molar-refractivity contribution is 5.83. The number of likely N-dealkylation sites (tertiary alicyclic amines) is 1. The molecule has 5 nitrogen and oxygen atoms in total. The Bertz CT molecular complexity index is 518. The molecule has 0 aliphatic carbocycles. The van der Waals surface area contributed by atoms with E-state index in [4.69, 9.17) is 4.74 Å². The molecular weight excluding hydrogens is 282 g/mol. The Labute approximate surface area is 130 Å². The monoisotopic (exact) mass is 305 g/mol. The fourth-order valence-corrected chi connectivity index (χ4v) is 2.75. The van der Waals surface area contributed by atoms with Gasteiger partial charge in [0.25, 0.3) is 5.91 Å². The van der Waals surface area contributed by atoms with Gasteiger partial charge in [0.2, 0.25) is 0 Å². The molecule has 1 saturated heterocycles. The zero-order chi connectivity index (χ0) is 16.1. The number of aromatic hydroxyl groups is 1. The molecule has 22 heavy (non-hydrogen) atoms. The van der Waals surface area contributed by atoms with Gasteiger partial charge >= 0.3 is 0 Å². The van der Waals surface area contributed by atoms with Gasteiger partial charge in [0.1, 0.15) is 17.3 Å². The maximum Gasteiger partial charge on any atom is 0.263 e. The summed E-state index contributed by atoms with van der Waals surface area (Å²) in [5.41, 5.74) is 0. The van der Waals surface area contributed by atoms with Gasteiger partial charge in [0.15, 0.2) is 6.10 Å². The molecule has 2 rings (SSSR count). The second kappa shape index (κ2) is 7.29. The molecule has 1 amide bonds. The maximum absolute atomic E-state index is 12.4. The van der Waals surface area contributed by atoms with Crippen molar-refractivity contribution in [3.63, 3.8) is 0 Å². The first-order chi connectivity index (χ1) is 10.5. The molecule has 5 heteroatoms. The summed E-state index contributed by atoms with van der Waals surface area (Å²) >= 11 is 0. The number of Topliss-reactive ketones (excluding diaryl/α,β-unsaturated/α-hetero) is 1. The third kappa shape index (κ3) is 4.00. The Balaban J connectivity index is 1.86. The first kappa shape index (κ1) is 16.3. The largest absolute Gasteiger partial charge is 0.508 e. The third-order valence-corrected chi connectivity index (χ3v) is 4.11. The number of phenolic OH excluding ortho intramolecular Hbond substituents is 1. The highest BCUT2D eigenvalue weighted by atomic mass is 16.5. The van der Waals surface area contributed by atoms with Crippen LogP contribution in [0.4, 0.5) is 0 Å². The van der Waals surface area contributed by atoms with E-state index in [2.05, 4.69) is 0 Å². The van der Waals surface area contributed by atoms with E-state index in [9.17, 15) is 14.7 Å². The minimum atomic E-state index is -0.581. The Morgan fingerprint density at radius 1 is 1.27 bits per heavy atom. The lowest BCUT2D eigenvalue weighted by molar-refractivity contribution is -0.140. The molecule has 0 saturated carbocycles. The van der Waals surface area contributed by atoms with Gasteiger partial charge in [-0.15, -0.1) is 0 Å². The zero-order valence-corrected chi connectivity index (χ0v) is 13.1. The number of ether oxygens (including phenoxy) is 1. The molecule has 0 bridgehead atoms. The molecule has 120 valence electrons. The van der Waals surface area contributed by atoms with Crippen molar-refractivity contribution >= 4 is 11.7 Å². The van der Waals surface area contributed by atoms with Crippen LogP contribution < -0.4 is 4.74 Å². The van der Waals surface area contributed by atoms with Crippen LogP contribution in [0.25, 0.3) is 0 Å². The van der Waals surface area contributed by atoms with Crippen molar-refractivity contribution in [1.29, 1.82) is 0 Å². The summed E-state index contributed by atoms with van der Waals surface area (Å²) in [4.78, 5) is 25.8. The topological polar surface area (TPSA) is 66.8 Å². The zero-order valence-electron chi connectivity index (χ0n) is 13.1. The maximum atomic E-state index is 12.4. The molecule has 1 fully saturated rings. The lowest BCUT2D eigenvalue weighted by atomic mass is 9.91. The van der Waals surface area contributed by atoms with Gasteiger partial charge in [-0.05, 0) is 44.0 Å². The van der Waals surface area contributed by atoms with Crippen molar-refractivity contribution < 1.29 is 19.4 Å². The molecule has 1 aliphatic rings. The molecule has 0 aromatic heterocycles. The summed E-state index contributed by atoms with van der Waals surface area (Å²) in [6.45, 7) is 4.82. The molecule has 1 N–H and O–H groups in total. The van der Waals surface area contributed by atoms with E-state index < -0.39 is 6.10 Å².